The summed E-state index contributed by atoms with van der Waals surface area (Å²) in [7, 11) is 3.18. The van der Waals surface area contributed by atoms with E-state index in [0.717, 1.165) is 12.0 Å². The Morgan fingerprint density at radius 3 is 2.76 bits per heavy atom. The number of aromatic nitrogens is 1. The first-order valence-corrected chi connectivity index (χ1v) is 8.26. The Bertz CT molecular complexity index is 721. The Hall–Kier alpha value is -2.76. The van der Waals surface area contributed by atoms with Gasteiger partial charge in [0.1, 0.15) is 6.10 Å². The maximum atomic E-state index is 12.5. The van der Waals surface area contributed by atoms with Crippen molar-refractivity contribution in [2.45, 2.75) is 18.9 Å². The number of rotatable bonds is 6. The highest BCUT2D eigenvalue weighted by atomic mass is 16.5. The van der Waals surface area contributed by atoms with Gasteiger partial charge in [0.05, 0.1) is 27.2 Å². The highest BCUT2D eigenvalue weighted by molar-refractivity contribution is 5.79. The van der Waals surface area contributed by atoms with Gasteiger partial charge in [0.15, 0.2) is 11.5 Å². The zero-order chi connectivity index (χ0) is 17.6. The molecule has 0 saturated carbocycles. The van der Waals surface area contributed by atoms with E-state index in [1.807, 2.05) is 41.3 Å². The summed E-state index contributed by atoms with van der Waals surface area (Å²) < 4.78 is 16.3. The molecule has 0 spiro atoms. The van der Waals surface area contributed by atoms with Gasteiger partial charge in [0, 0.05) is 25.2 Å². The van der Waals surface area contributed by atoms with Crippen molar-refractivity contribution in [1.82, 2.24) is 9.88 Å². The molecule has 0 N–H and O–H groups in total. The predicted molar refractivity (Wildman–Crippen MR) is 93.1 cm³/mol. The summed E-state index contributed by atoms with van der Waals surface area (Å²) in [6.07, 6.45) is 2.83. The van der Waals surface area contributed by atoms with Gasteiger partial charge in [0.25, 0.3) is 0 Å². The third-order valence-corrected chi connectivity index (χ3v) is 4.23. The van der Waals surface area contributed by atoms with Crippen molar-refractivity contribution in [2.24, 2.45) is 0 Å². The van der Waals surface area contributed by atoms with E-state index in [1.165, 1.54) is 0 Å². The van der Waals surface area contributed by atoms with Crippen LogP contribution in [0.1, 0.15) is 12.0 Å². The summed E-state index contributed by atoms with van der Waals surface area (Å²) in [6, 6.07) is 11.1. The van der Waals surface area contributed by atoms with Gasteiger partial charge in [-0.3, -0.25) is 4.79 Å². The normalized spacial score (nSPS) is 16.6. The molecule has 3 rings (SSSR count). The van der Waals surface area contributed by atoms with E-state index >= 15 is 0 Å². The molecular weight excluding hydrogens is 320 g/mol. The first-order valence-electron chi connectivity index (χ1n) is 8.26. The van der Waals surface area contributed by atoms with Gasteiger partial charge < -0.3 is 19.1 Å². The average molecular weight is 342 g/mol. The zero-order valence-electron chi connectivity index (χ0n) is 14.5. The first-order chi connectivity index (χ1) is 12.2. The second-order valence-corrected chi connectivity index (χ2v) is 5.90. The summed E-state index contributed by atoms with van der Waals surface area (Å²) in [5.74, 6) is 1.97. The molecule has 0 radical (unpaired) electrons. The molecule has 6 nitrogen and oxygen atoms in total. The van der Waals surface area contributed by atoms with Crippen molar-refractivity contribution in [3.63, 3.8) is 0 Å². The number of carbonyl (C=O) groups is 1. The van der Waals surface area contributed by atoms with Gasteiger partial charge in [-0.2, -0.15) is 0 Å². The van der Waals surface area contributed by atoms with Crippen LogP contribution in [0, 0.1) is 0 Å². The van der Waals surface area contributed by atoms with E-state index < -0.39 is 0 Å². The number of nitrogens with zero attached hydrogens (tertiary/aromatic N) is 2. The smallest absolute Gasteiger partial charge is 0.227 e. The molecule has 0 aliphatic carbocycles. The molecule has 0 bridgehead atoms. The lowest BCUT2D eigenvalue weighted by molar-refractivity contribution is -0.129. The van der Waals surface area contributed by atoms with Gasteiger partial charge in [-0.15, -0.1) is 0 Å². The fourth-order valence-corrected chi connectivity index (χ4v) is 2.92. The number of benzene rings is 1. The maximum absolute atomic E-state index is 12.5. The maximum Gasteiger partial charge on any atom is 0.227 e. The second kappa shape index (κ2) is 7.88. The lowest BCUT2D eigenvalue weighted by Gasteiger charge is -2.17. The molecule has 1 aromatic carbocycles. The molecule has 132 valence electrons. The Labute approximate surface area is 147 Å². The van der Waals surface area contributed by atoms with Crippen molar-refractivity contribution in [2.75, 3.05) is 27.3 Å². The number of carbonyl (C=O) groups excluding carboxylic acids is 1. The molecule has 1 aliphatic rings. The number of likely N-dealkylation sites (tertiary alicyclic amines) is 1. The lowest BCUT2D eigenvalue weighted by Crippen LogP contribution is -2.32. The minimum absolute atomic E-state index is 0.00995. The largest absolute Gasteiger partial charge is 0.493 e. The molecule has 6 heteroatoms. The molecule has 1 aromatic heterocycles. The number of pyridine rings is 1. The van der Waals surface area contributed by atoms with Crippen LogP contribution in [0.15, 0.2) is 42.6 Å². The highest BCUT2D eigenvalue weighted by Crippen LogP contribution is 2.28. The molecular formula is C19H22N2O4. The van der Waals surface area contributed by atoms with E-state index in [-0.39, 0.29) is 12.0 Å². The lowest BCUT2D eigenvalue weighted by atomic mass is 10.1. The van der Waals surface area contributed by atoms with Crippen molar-refractivity contribution < 1.29 is 19.0 Å². The number of hydrogen-bond acceptors (Lipinski definition) is 5. The summed E-state index contributed by atoms with van der Waals surface area (Å²) in [5.41, 5.74) is 0.900. The third-order valence-electron chi connectivity index (χ3n) is 4.23. The third kappa shape index (κ3) is 4.21. The minimum Gasteiger partial charge on any atom is -0.493 e. The van der Waals surface area contributed by atoms with E-state index in [0.29, 0.717) is 36.9 Å². The number of methoxy groups -OCH3 is 2. The molecule has 2 heterocycles. The fourth-order valence-electron chi connectivity index (χ4n) is 2.92. The van der Waals surface area contributed by atoms with Crippen LogP contribution in [0.2, 0.25) is 0 Å². The van der Waals surface area contributed by atoms with Crippen molar-refractivity contribution in [3.8, 4) is 17.4 Å². The predicted octanol–water partition coefficient (Wildman–Crippen LogP) is 2.32. The first kappa shape index (κ1) is 17.1. The van der Waals surface area contributed by atoms with Crippen LogP contribution in [0.4, 0.5) is 0 Å². The van der Waals surface area contributed by atoms with Crippen LogP contribution in [-0.4, -0.2) is 49.2 Å². The van der Waals surface area contributed by atoms with Gasteiger partial charge in [0.2, 0.25) is 11.8 Å². The standard InChI is InChI=1S/C19H22N2O4/c1-23-16-7-6-14(11-17(16)24-2)12-19(22)21-10-8-15(13-21)25-18-5-3-4-9-20-18/h3-7,9,11,15H,8,10,12-13H2,1-2H3. The molecule has 1 unspecified atom stereocenters. The summed E-state index contributed by atoms with van der Waals surface area (Å²) >= 11 is 0. The van der Waals surface area contributed by atoms with Gasteiger partial charge in [-0.05, 0) is 23.8 Å². The molecule has 1 atom stereocenters. The number of amides is 1. The fraction of sp³-hybridized carbons (Fsp3) is 0.368. The van der Waals surface area contributed by atoms with E-state index in [4.69, 9.17) is 14.2 Å². The summed E-state index contributed by atoms with van der Waals surface area (Å²) in [5, 5.41) is 0. The molecule has 2 aromatic rings. The zero-order valence-corrected chi connectivity index (χ0v) is 14.5. The van der Waals surface area contributed by atoms with Crippen LogP contribution in [0.5, 0.6) is 17.4 Å². The van der Waals surface area contributed by atoms with E-state index in [1.54, 1.807) is 20.4 Å². The van der Waals surface area contributed by atoms with Crippen molar-refractivity contribution >= 4 is 5.91 Å². The second-order valence-electron chi connectivity index (χ2n) is 5.90. The topological polar surface area (TPSA) is 60.9 Å². The average Bonchev–Trinajstić information content (AvgIpc) is 3.11. The van der Waals surface area contributed by atoms with Crippen LogP contribution in [-0.2, 0) is 11.2 Å². The van der Waals surface area contributed by atoms with Crippen molar-refractivity contribution in [3.05, 3.63) is 48.2 Å². The number of hydrogen-bond donors (Lipinski definition) is 0. The van der Waals surface area contributed by atoms with Crippen LogP contribution >= 0.6 is 0 Å². The van der Waals surface area contributed by atoms with Crippen molar-refractivity contribution in [1.29, 1.82) is 0 Å². The Morgan fingerprint density at radius 1 is 1.20 bits per heavy atom. The Morgan fingerprint density at radius 2 is 2.04 bits per heavy atom. The quantitative estimate of drug-likeness (QED) is 0.806. The van der Waals surface area contributed by atoms with Crippen LogP contribution in [0.3, 0.4) is 0 Å². The highest BCUT2D eigenvalue weighted by Gasteiger charge is 2.27. The van der Waals surface area contributed by atoms with Gasteiger partial charge >= 0.3 is 0 Å². The van der Waals surface area contributed by atoms with E-state index in [9.17, 15) is 4.79 Å². The summed E-state index contributed by atoms with van der Waals surface area (Å²) in [6.45, 7) is 1.28. The van der Waals surface area contributed by atoms with Gasteiger partial charge in [-0.25, -0.2) is 4.98 Å². The van der Waals surface area contributed by atoms with E-state index in [2.05, 4.69) is 4.98 Å². The summed E-state index contributed by atoms with van der Waals surface area (Å²) in [4.78, 5) is 18.6. The Balaban J connectivity index is 1.57. The monoisotopic (exact) mass is 342 g/mol. The van der Waals surface area contributed by atoms with Crippen LogP contribution < -0.4 is 14.2 Å². The number of ether oxygens (including phenoxy) is 3. The molecule has 1 aliphatic heterocycles. The molecule has 25 heavy (non-hydrogen) atoms. The molecule has 1 saturated heterocycles. The molecule has 1 fully saturated rings. The van der Waals surface area contributed by atoms with Crippen LogP contribution in [0.25, 0.3) is 0 Å². The Kier molecular flexibility index (Phi) is 5.38. The molecule has 1 amide bonds. The SMILES string of the molecule is COc1ccc(CC(=O)N2CCC(Oc3ccccn3)C2)cc1OC. The minimum atomic E-state index is -0.00995. The van der Waals surface area contributed by atoms with Gasteiger partial charge in [-0.1, -0.05) is 12.1 Å².